The Kier molecular flexibility index (Phi) is 4.74. The van der Waals surface area contributed by atoms with E-state index in [2.05, 4.69) is 20.9 Å². The van der Waals surface area contributed by atoms with E-state index in [0.29, 0.717) is 17.9 Å². The van der Waals surface area contributed by atoms with Gasteiger partial charge in [0.2, 0.25) is 11.8 Å². The van der Waals surface area contributed by atoms with Crippen LogP contribution >= 0.6 is 11.6 Å². The first-order valence-corrected chi connectivity index (χ1v) is 6.93. The molecule has 1 aromatic heterocycles. The van der Waals surface area contributed by atoms with Crippen molar-refractivity contribution in [3.05, 3.63) is 22.8 Å². The summed E-state index contributed by atoms with van der Waals surface area (Å²) in [6, 6.07) is 2.25. The zero-order chi connectivity index (χ0) is 15.4. The quantitative estimate of drug-likeness (QED) is 0.561. The molecular weight excluding hydrogens is 296 g/mol. The smallest absolute Gasteiger partial charge is 0.252 e. The van der Waals surface area contributed by atoms with Crippen molar-refractivity contribution >= 4 is 35.1 Å². The van der Waals surface area contributed by atoms with Crippen molar-refractivity contribution < 1.29 is 14.4 Å². The van der Waals surface area contributed by atoms with Crippen LogP contribution in [0.1, 0.15) is 30.1 Å². The van der Waals surface area contributed by atoms with Crippen molar-refractivity contribution in [1.29, 1.82) is 0 Å². The van der Waals surface area contributed by atoms with Crippen molar-refractivity contribution in [1.82, 2.24) is 15.6 Å². The molecule has 1 aromatic rings. The number of imide groups is 1. The number of aromatic nitrogens is 1. The largest absolute Gasteiger partial charge is 0.370 e. The SMILES string of the molecule is CCNc1cc(C(=O)NC2CCC(=O)NC2=O)cc(Cl)n1. The molecule has 0 aliphatic carbocycles. The predicted molar refractivity (Wildman–Crippen MR) is 77.0 cm³/mol. The zero-order valence-electron chi connectivity index (χ0n) is 11.4. The first-order valence-electron chi connectivity index (χ1n) is 6.55. The highest BCUT2D eigenvalue weighted by atomic mass is 35.5. The van der Waals surface area contributed by atoms with Gasteiger partial charge >= 0.3 is 0 Å². The van der Waals surface area contributed by atoms with Gasteiger partial charge in [-0.15, -0.1) is 0 Å². The molecule has 0 spiro atoms. The molecule has 1 aliphatic heterocycles. The van der Waals surface area contributed by atoms with Crippen LogP contribution in [0.25, 0.3) is 0 Å². The van der Waals surface area contributed by atoms with Gasteiger partial charge in [0, 0.05) is 18.5 Å². The second kappa shape index (κ2) is 6.53. The van der Waals surface area contributed by atoms with E-state index in [1.165, 1.54) is 6.07 Å². The van der Waals surface area contributed by atoms with Gasteiger partial charge in [0.15, 0.2) is 0 Å². The van der Waals surface area contributed by atoms with Crippen LogP contribution in [0.3, 0.4) is 0 Å². The average molecular weight is 311 g/mol. The van der Waals surface area contributed by atoms with E-state index >= 15 is 0 Å². The molecule has 0 aromatic carbocycles. The third-order valence-electron chi connectivity index (χ3n) is 2.96. The van der Waals surface area contributed by atoms with Gasteiger partial charge in [0.05, 0.1) is 0 Å². The van der Waals surface area contributed by atoms with Crippen LogP contribution in [0.5, 0.6) is 0 Å². The number of nitrogens with one attached hydrogen (secondary N) is 3. The summed E-state index contributed by atoms with van der Waals surface area (Å²) in [7, 11) is 0. The van der Waals surface area contributed by atoms with Gasteiger partial charge in [0.1, 0.15) is 17.0 Å². The van der Waals surface area contributed by atoms with Crippen molar-refractivity contribution in [3.8, 4) is 0 Å². The Morgan fingerprint density at radius 1 is 1.48 bits per heavy atom. The Bertz CT molecular complexity index is 591. The van der Waals surface area contributed by atoms with Gasteiger partial charge in [-0.3, -0.25) is 19.7 Å². The van der Waals surface area contributed by atoms with E-state index in [0.717, 1.165) is 0 Å². The number of carbonyl (C=O) groups is 3. The summed E-state index contributed by atoms with van der Waals surface area (Å²) in [5.41, 5.74) is 0.302. The summed E-state index contributed by atoms with van der Waals surface area (Å²) >= 11 is 5.87. The number of halogens is 1. The van der Waals surface area contributed by atoms with E-state index in [1.807, 2.05) is 6.92 Å². The fourth-order valence-electron chi connectivity index (χ4n) is 1.97. The fourth-order valence-corrected chi connectivity index (χ4v) is 2.18. The second-order valence-corrected chi connectivity index (χ2v) is 4.96. The second-order valence-electron chi connectivity index (χ2n) is 4.57. The molecule has 112 valence electrons. The lowest BCUT2D eigenvalue weighted by Gasteiger charge is -2.21. The van der Waals surface area contributed by atoms with E-state index in [1.54, 1.807) is 6.07 Å². The molecule has 3 N–H and O–H groups in total. The Morgan fingerprint density at radius 2 is 2.24 bits per heavy atom. The summed E-state index contributed by atoms with van der Waals surface area (Å²) in [6.07, 6.45) is 0.492. The topological polar surface area (TPSA) is 100 Å². The Labute approximate surface area is 126 Å². The summed E-state index contributed by atoms with van der Waals surface area (Å²) in [6.45, 7) is 2.53. The predicted octanol–water partition coefficient (Wildman–Crippen LogP) is 0.702. The Hall–Kier alpha value is -2.15. The minimum atomic E-state index is -0.718. The molecule has 0 saturated carbocycles. The van der Waals surface area contributed by atoms with Crippen molar-refractivity contribution in [2.45, 2.75) is 25.8 Å². The number of carbonyl (C=O) groups excluding carboxylic acids is 3. The summed E-state index contributed by atoms with van der Waals surface area (Å²) < 4.78 is 0. The number of nitrogens with zero attached hydrogens (tertiary/aromatic N) is 1. The molecule has 1 fully saturated rings. The van der Waals surface area contributed by atoms with Gasteiger partial charge in [0.25, 0.3) is 5.91 Å². The highest BCUT2D eigenvalue weighted by Crippen LogP contribution is 2.15. The molecule has 2 rings (SSSR count). The standard InChI is InChI=1S/C13H15ClN4O3/c1-2-15-10-6-7(5-9(14)17-10)12(20)16-8-3-4-11(19)18-13(8)21/h5-6,8H,2-4H2,1H3,(H,15,17)(H,16,20)(H,18,19,21). The number of pyridine rings is 1. The molecule has 0 radical (unpaired) electrons. The van der Waals surface area contributed by atoms with Crippen LogP contribution in [0.2, 0.25) is 5.15 Å². The third-order valence-corrected chi connectivity index (χ3v) is 3.15. The maximum Gasteiger partial charge on any atom is 0.252 e. The van der Waals surface area contributed by atoms with Gasteiger partial charge in [-0.1, -0.05) is 11.6 Å². The number of anilines is 1. The van der Waals surface area contributed by atoms with Gasteiger partial charge in [-0.2, -0.15) is 0 Å². The number of hydrogen-bond acceptors (Lipinski definition) is 5. The number of hydrogen-bond donors (Lipinski definition) is 3. The van der Waals surface area contributed by atoms with E-state index in [-0.39, 0.29) is 23.9 Å². The summed E-state index contributed by atoms with van der Waals surface area (Å²) in [5, 5.41) is 7.92. The fraction of sp³-hybridized carbons (Fsp3) is 0.385. The molecular formula is C13H15ClN4O3. The summed E-state index contributed by atoms with van der Waals surface area (Å²) in [5.74, 6) is -0.773. The molecule has 1 atom stereocenters. The molecule has 1 saturated heterocycles. The lowest BCUT2D eigenvalue weighted by atomic mass is 10.1. The number of rotatable bonds is 4. The molecule has 21 heavy (non-hydrogen) atoms. The lowest BCUT2D eigenvalue weighted by Crippen LogP contribution is -2.52. The highest BCUT2D eigenvalue weighted by molar-refractivity contribution is 6.30. The Balaban J connectivity index is 2.09. The molecule has 0 bridgehead atoms. The molecule has 1 aliphatic rings. The van der Waals surface area contributed by atoms with Gasteiger partial charge in [-0.25, -0.2) is 4.98 Å². The summed E-state index contributed by atoms with van der Waals surface area (Å²) in [4.78, 5) is 38.9. The van der Waals surface area contributed by atoms with E-state index < -0.39 is 17.9 Å². The van der Waals surface area contributed by atoms with Crippen LogP contribution in [-0.2, 0) is 9.59 Å². The Morgan fingerprint density at radius 3 is 2.90 bits per heavy atom. The maximum absolute atomic E-state index is 12.2. The minimum Gasteiger partial charge on any atom is -0.370 e. The monoisotopic (exact) mass is 310 g/mol. The molecule has 8 heteroatoms. The lowest BCUT2D eigenvalue weighted by molar-refractivity contribution is -0.134. The average Bonchev–Trinajstić information content (AvgIpc) is 2.41. The van der Waals surface area contributed by atoms with E-state index in [9.17, 15) is 14.4 Å². The molecule has 7 nitrogen and oxygen atoms in total. The van der Waals surface area contributed by atoms with Crippen LogP contribution in [-0.4, -0.2) is 35.3 Å². The number of amides is 3. The van der Waals surface area contributed by atoms with Crippen molar-refractivity contribution in [3.63, 3.8) is 0 Å². The minimum absolute atomic E-state index is 0.182. The third kappa shape index (κ3) is 3.91. The van der Waals surface area contributed by atoms with E-state index in [4.69, 9.17) is 11.6 Å². The van der Waals surface area contributed by atoms with Crippen LogP contribution in [0.4, 0.5) is 5.82 Å². The van der Waals surface area contributed by atoms with Gasteiger partial charge < -0.3 is 10.6 Å². The van der Waals surface area contributed by atoms with Crippen LogP contribution in [0, 0.1) is 0 Å². The molecule has 3 amide bonds. The van der Waals surface area contributed by atoms with Crippen LogP contribution < -0.4 is 16.0 Å². The number of piperidine rings is 1. The van der Waals surface area contributed by atoms with Gasteiger partial charge in [-0.05, 0) is 25.5 Å². The maximum atomic E-state index is 12.2. The zero-order valence-corrected chi connectivity index (χ0v) is 12.2. The highest BCUT2D eigenvalue weighted by Gasteiger charge is 2.28. The molecule has 2 heterocycles. The van der Waals surface area contributed by atoms with Crippen LogP contribution in [0.15, 0.2) is 12.1 Å². The first kappa shape index (κ1) is 15.2. The normalized spacial score (nSPS) is 18.1. The van der Waals surface area contributed by atoms with Crippen molar-refractivity contribution in [2.24, 2.45) is 0 Å². The molecule has 1 unspecified atom stereocenters. The first-order chi connectivity index (χ1) is 9.99. The van der Waals surface area contributed by atoms with Crippen molar-refractivity contribution in [2.75, 3.05) is 11.9 Å².